The molecular weight excluding hydrogens is 276 g/mol. The van der Waals surface area contributed by atoms with E-state index in [0.717, 1.165) is 25.9 Å². The van der Waals surface area contributed by atoms with Gasteiger partial charge in [-0.25, -0.2) is 0 Å². The summed E-state index contributed by atoms with van der Waals surface area (Å²) in [6, 6.07) is 0. The van der Waals surface area contributed by atoms with Crippen molar-refractivity contribution < 1.29 is 9.59 Å². The SMILES string of the molecule is CC(=O)N1CCN(C(=O)C2CC2)CC1.CCCCCCCC. The third kappa shape index (κ3) is 7.28. The van der Waals surface area contributed by atoms with Gasteiger partial charge in [0.2, 0.25) is 11.8 Å². The first-order valence-corrected chi connectivity index (χ1v) is 9.14. The van der Waals surface area contributed by atoms with Gasteiger partial charge in [-0.1, -0.05) is 52.4 Å². The average Bonchev–Trinajstić information content (AvgIpc) is 3.36. The van der Waals surface area contributed by atoms with E-state index in [-0.39, 0.29) is 5.91 Å². The van der Waals surface area contributed by atoms with Gasteiger partial charge in [-0.05, 0) is 12.8 Å². The van der Waals surface area contributed by atoms with E-state index < -0.39 is 0 Å². The summed E-state index contributed by atoms with van der Waals surface area (Å²) in [7, 11) is 0. The predicted octanol–water partition coefficient (Wildman–Crippen LogP) is 3.45. The summed E-state index contributed by atoms with van der Waals surface area (Å²) >= 11 is 0. The highest BCUT2D eigenvalue weighted by Crippen LogP contribution is 2.31. The monoisotopic (exact) mass is 310 g/mol. The first-order chi connectivity index (χ1) is 10.6. The third-order valence-electron chi connectivity index (χ3n) is 4.42. The molecule has 0 aromatic carbocycles. The van der Waals surface area contributed by atoms with Crippen LogP contribution < -0.4 is 0 Å². The van der Waals surface area contributed by atoms with Crippen molar-refractivity contribution in [3.8, 4) is 0 Å². The van der Waals surface area contributed by atoms with E-state index in [4.69, 9.17) is 0 Å². The Morgan fingerprint density at radius 1 is 0.818 bits per heavy atom. The van der Waals surface area contributed by atoms with Gasteiger partial charge in [0.25, 0.3) is 0 Å². The molecule has 1 aliphatic heterocycles. The molecule has 2 rings (SSSR count). The Balaban J connectivity index is 0.000000261. The molecule has 1 saturated heterocycles. The van der Waals surface area contributed by atoms with E-state index in [1.165, 1.54) is 38.5 Å². The number of hydrogen-bond donors (Lipinski definition) is 0. The fraction of sp³-hybridized carbons (Fsp3) is 0.889. The van der Waals surface area contributed by atoms with Gasteiger partial charge in [-0.2, -0.15) is 0 Å². The molecule has 22 heavy (non-hydrogen) atoms. The number of hydrogen-bond acceptors (Lipinski definition) is 2. The molecule has 1 aliphatic carbocycles. The van der Waals surface area contributed by atoms with Crippen molar-refractivity contribution in [2.24, 2.45) is 5.92 Å². The van der Waals surface area contributed by atoms with Crippen LogP contribution in [0.4, 0.5) is 0 Å². The van der Waals surface area contributed by atoms with Crippen molar-refractivity contribution in [2.75, 3.05) is 26.2 Å². The second-order valence-electron chi connectivity index (χ2n) is 6.52. The molecule has 2 amide bonds. The summed E-state index contributed by atoms with van der Waals surface area (Å²) in [4.78, 5) is 26.4. The minimum Gasteiger partial charge on any atom is -0.339 e. The standard InChI is InChI=1S/C10H16N2O2.C8H18/c1-8(13)11-4-6-12(7-5-11)10(14)9-2-3-9;1-3-5-7-8-6-4-2/h9H,2-7H2,1H3;3-8H2,1-2H3. The van der Waals surface area contributed by atoms with E-state index in [1.807, 2.05) is 4.90 Å². The van der Waals surface area contributed by atoms with Crippen molar-refractivity contribution in [1.29, 1.82) is 0 Å². The number of unbranched alkanes of at least 4 members (excludes halogenated alkanes) is 5. The van der Waals surface area contributed by atoms with E-state index in [0.29, 0.717) is 24.9 Å². The summed E-state index contributed by atoms with van der Waals surface area (Å²) in [5.41, 5.74) is 0. The van der Waals surface area contributed by atoms with Gasteiger partial charge in [0.05, 0.1) is 0 Å². The Hall–Kier alpha value is -1.06. The van der Waals surface area contributed by atoms with Crippen LogP contribution in [0, 0.1) is 5.92 Å². The summed E-state index contributed by atoms with van der Waals surface area (Å²) < 4.78 is 0. The maximum absolute atomic E-state index is 11.7. The molecule has 0 spiro atoms. The van der Waals surface area contributed by atoms with E-state index in [1.54, 1.807) is 11.8 Å². The third-order valence-corrected chi connectivity index (χ3v) is 4.42. The molecule has 2 aliphatic rings. The lowest BCUT2D eigenvalue weighted by atomic mass is 10.1. The van der Waals surface area contributed by atoms with Crippen LogP contribution in [0.5, 0.6) is 0 Å². The number of carbonyl (C=O) groups excluding carboxylic acids is 2. The average molecular weight is 310 g/mol. The fourth-order valence-corrected chi connectivity index (χ4v) is 2.68. The van der Waals surface area contributed by atoms with Crippen LogP contribution in [0.25, 0.3) is 0 Å². The van der Waals surface area contributed by atoms with E-state index >= 15 is 0 Å². The van der Waals surface area contributed by atoms with Crippen molar-refractivity contribution >= 4 is 11.8 Å². The summed E-state index contributed by atoms with van der Waals surface area (Å²) in [6.45, 7) is 8.93. The van der Waals surface area contributed by atoms with Crippen LogP contribution >= 0.6 is 0 Å². The zero-order chi connectivity index (χ0) is 16.4. The summed E-state index contributed by atoms with van der Waals surface area (Å²) in [5, 5.41) is 0. The lowest BCUT2D eigenvalue weighted by molar-refractivity contribution is -0.139. The summed E-state index contributed by atoms with van der Waals surface area (Å²) in [6.07, 6.45) is 10.6. The van der Waals surface area contributed by atoms with Gasteiger partial charge < -0.3 is 9.80 Å². The van der Waals surface area contributed by atoms with Gasteiger partial charge in [-0.15, -0.1) is 0 Å². The quantitative estimate of drug-likeness (QED) is 0.705. The predicted molar refractivity (Wildman–Crippen MR) is 90.6 cm³/mol. The van der Waals surface area contributed by atoms with E-state index in [9.17, 15) is 9.59 Å². The Kier molecular flexibility index (Phi) is 9.17. The molecule has 0 aromatic rings. The molecule has 2 fully saturated rings. The minimum atomic E-state index is 0.114. The zero-order valence-electron chi connectivity index (χ0n) is 14.8. The van der Waals surface area contributed by atoms with Crippen LogP contribution in [0.1, 0.15) is 72.1 Å². The van der Waals surface area contributed by atoms with Crippen molar-refractivity contribution in [1.82, 2.24) is 9.80 Å². The van der Waals surface area contributed by atoms with Gasteiger partial charge in [0.15, 0.2) is 0 Å². The van der Waals surface area contributed by atoms with Gasteiger partial charge in [-0.3, -0.25) is 9.59 Å². The molecule has 0 radical (unpaired) electrons. The first-order valence-electron chi connectivity index (χ1n) is 9.14. The highest BCUT2D eigenvalue weighted by molar-refractivity contribution is 5.81. The van der Waals surface area contributed by atoms with Crippen molar-refractivity contribution in [3.63, 3.8) is 0 Å². The fourth-order valence-electron chi connectivity index (χ4n) is 2.68. The molecule has 0 unspecified atom stereocenters. The Labute approximate surface area is 136 Å². The Bertz CT molecular complexity index is 326. The second kappa shape index (κ2) is 10.6. The lowest BCUT2D eigenvalue weighted by Gasteiger charge is -2.34. The molecule has 0 aromatic heterocycles. The maximum Gasteiger partial charge on any atom is 0.225 e. The molecule has 0 atom stereocenters. The van der Waals surface area contributed by atoms with Crippen LogP contribution in [0.15, 0.2) is 0 Å². The number of rotatable bonds is 6. The molecular formula is C18H34N2O2. The highest BCUT2D eigenvalue weighted by Gasteiger charge is 2.34. The topological polar surface area (TPSA) is 40.6 Å². The zero-order valence-corrected chi connectivity index (χ0v) is 14.8. The van der Waals surface area contributed by atoms with Crippen LogP contribution in [0.3, 0.4) is 0 Å². The normalized spacial score (nSPS) is 17.8. The van der Waals surface area contributed by atoms with Gasteiger partial charge >= 0.3 is 0 Å². The molecule has 1 saturated carbocycles. The molecule has 4 heteroatoms. The van der Waals surface area contributed by atoms with Gasteiger partial charge in [0.1, 0.15) is 0 Å². The number of amides is 2. The Morgan fingerprint density at radius 3 is 1.64 bits per heavy atom. The van der Waals surface area contributed by atoms with Crippen LogP contribution in [0.2, 0.25) is 0 Å². The largest absolute Gasteiger partial charge is 0.339 e. The molecule has 1 heterocycles. The minimum absolute atomic E-state index is 0.114. The van der Waals surface area contributed by atoms with Crippen LogP contribution in [-0.2, 0) is 9.59 Å². The molecule has 0 bridgehead atoms. The highest BCUT2D eigenvalue weighted by atomic mass is 16.2. The number of carbonyl (C=O) groups is 2. The lowest BCUT2D eigenvalue weighted by Crippen LogP contribution is -2.50. The van der Waals surface area contributed by atoms with Gasteiger partial charge in [0, 0.05) is 39.0 Å². The first kappa shape index (κ1) is 19.0. The van der Waals surface area contributed by atoms with Crippen molar-refractivity contribution in [2.45, 2.75) is 72.1 Å². The smallest absolute Gasteiger partial charge is 0.225 e. The number of piperazine rings is 1. The Morgan fingerprint density at radius 2 is 1.27 bits per heavy atom. The maximum atomic E-state index is 11.7. The van der Waals surface area contributed by atoms with Crippen LogP contribution in [-0.4, -0.2) is 47.8 Å². The van der Waals surface area contributed by atoms with Crippen molar-refractivity contribution in [3.05, 3.63) is 0 Å². The summed E-state index contributed by atoms with van der Waals surface area (Å²) in [5.74, 6) is 0.718. The van der Waals surface area contributed by atoms with E-state index in [2.05, 4.69) is 13.8 Å². The second-order valence-corrected chi connectivity index (χ2v) is 6.52. The molecule has 0 N–H and O–H groups in total. The number of nitrogens with zero attached hydrogens (tertiary/aromatic N) is 2. The molecule has 4 nitrogen and oxygen atoms in total. The molecule has 128 valence electrons.